The monoisotopic (exact) mass is 171 g/mol. The summed E-state index contributed by atoms with van der Waals surface area (Å²) in [5.41, 5.74) is 5.15. The van der Waals surface area contributed by atoms with Crippen LogP contribution in [-0.4, -0.2) is 5.91 Å². The quantitative estimate of drug-likeness (QED) is 0.655. The van der Waals surface area contributed by atoms with Gasteiger partial charge >= 0.3 is 0 Å². The van der Waals surface area contributed by atoms with Crippen LogP contribution in [0.5, 0.6) is 0 Å². The van der Waals surface area contributed by atoms with Crippen molar-refractivity contribution in [3.05, 3.63) is 0 Å². The molecule has 0 aliphatic heterocycles. The molecule has 0 saturated heterocycles. The second-order valence-electron chi connectivity index (χ2n) is 3.75. The number of rotatable bonds is 6. The van der Waals surface area contributed by atoms with Crippen LogP contribution in [0.25, 0.3) is 0 Å². The van der Waals surface area contributed by atoms with Gasteiger partial charge in [0.2, 0.25) is 5.91 Å². The number of amides is 1. The lowest BCUT2D eigenvalue weighted by Gasteiger charge is -2.09. The molecule has 0 fully saturated rings. The highest BCUT2D eigenvalue weighted by Crippen LogP contribution is 2.14. The van der Waals surface area contributed by atoms with Gasteiger partial charge in [-0.25, -0.2) is 0 Å². The lowest BCUT2D eigenvalue weighted by Crippen LogP contribution is -2.20. The van der Waals surface area contributed by atoms with Crippen LogP contribution < -0.4 is 5.73 Å². The standard InChI is InChI=1S/C10H21NO/c1-4-8(2)6-5-7-9(3)10(11)12/h8-9H,4-7H2,1-3H3,(H2,11,12)/t8?,9-/m0/s1. The zero-order valence-corrected chi connectivity index (χ0v) is 8.47. The van der Waals surface area contributed by atoms with Gasteiger partial charge in [0.15, 0.2) is 0 Å². The van der Waals surface area contributed by atoms with E-state index < -0.39 is 0 Å². The first kappa shape index (κ1) is 11.5. The molecule has 0 aromatic heterocycles. The van der Waals surface area contributed by atoms with E-state index in [1.807, 2.05) is 6.92 Å². The van der Waals surface area contributed by atoms with E-state index in [1.165, 1.54) is 12.8 Å². The molecule has 0 bridgehead atoms. The molecule has 0 aliphatic carbocycles. The maximum absolute atomic E-state index is 10.7. The first-order valence-corrected chi connectivity index (χ1v) is 4.87. The minimum Gasteiger partial charge on any atom is -0.369 e. The maximum Gasteiger partial charge on any atom is 0.220 e. The van der Waals surface area contributed by atoms with Crippen LogP contribution in [-0.2, 0) is 4.79 Å². The Kier molecular flexibility index (Phi) is 5.77. The fourth-order valence-corrected chi connectivity index (χ4v) is 1.12. The lowest BCUT2D eigenvalue weighted by atomic mass is 9.97. The highest BCUT2D eigenvalue weighted by molar-refractivity contribution is 5.76. The molecule has 2 atom stereocenters. The first-order valence-electron chi connectivity index (χ1n) is 4.87. The van der Waals surface area contributed by atoms with Crippen LogP contribution in [0.4, 0.5) is 0 Å². The highest BCUT2D eigenvalue weighted by atomic mass is 16.1. The summed E-state index contributed by atoms with van der Waals surface area (Å²) in [6.07, 6.45) is 4.51. The summed E-state index contributed by atoms with van der Waals surface area (Å²) in [6.45, 7) is 6.34. The lowest BCUT2D eigenvalue weighted by molar-refractivity contribution is -0.121. The van der Waals surface area contributed by atoms with Gasteiger partial charge in [-0.15, -0.1) is 0 Å². The molecule has 2 heteroatoms. The van der Waals surface area contributed by atoms with Gasteiger partial charge in [-0.3, -0.25) is 4.79 Å². The van der Waals surface area contributed by atoms with Crippen molar-refractivity contribution in [3.8, 4) is 0 Å². The van der Waals surface area contributed by atoms with Crippen molar-refractivity contribution in [3.63, 3.8) is 0 Å². The van der Waals surface area contributed by atoms with Gasteiger partial charge in [0.05, 0.1) is 0 Å². The Morgan fingerprint density at radius 3 is 2.33 bits per heavy atom. The highest BCUT2D eigenvalue weighted by Gasteiger charge is 2.08. The number of hydrogen-bond acceptors (Lipinski definition) is 1. The van der Waals surface area contributed by atoms with Crippen molar-refractivity contribution >= 4 is 5.91 Å². The SMILES string of the molecule is CCC(C)CCC[C@H](C)C(N)=O. The summed E-state index contributed by atoms with van der Waals surface area (Å²) in [5.74, 6) is 0.665. The largest absolute Gasteiger partial charge is 0.369 e. The molecular weight excluding hydrogens is 150 g/mol. The third-order valence-corrected chi connectivity index (χ3v) is 2.52. The van der Waals surface area contributed by atoms with Gasteiger partial charge in [0.25, 0.3) is 0 Å². The molecule has 0 aliphatic rings. The molecule has 72 valence electrons. The summed E-state index contributed by atoms with van der Waals surface area (Å²) >= 11 is 0. The number of hydrogen-bond donors (Lipinski definition) is 1. The van der Waals surface area contributed by atoms with Crippen LogP contribution in [0.15, 0.2) is 0 Å². The Morgan fingerprint density at radius 1 is 1.33 bits per heavy atom. The Morgan fingerprint density at radius 2 is 1.92 bits per heavy atom. The first-order chi connectivity index (χ1) is 5.57. The van der Waals surface area contributed by atoms with E-state index in [4.69, 9.17) is 5.73 Å². The zero-order chi connectivity index (χ0) is 9.56. The van der Waals surface area contributed by atoms with E-state index in [0.717, 1.165) is 18.8 Å². The molecule has 12 heavy (non-hydrogen) atoms. The minimum atomic E-state index is -0.167. The smallest absolute Gasteiger partial charge is 0.220 e. The molecule has 0 heterocycles. The van der Waals surface area contributed by atoms with Crippen molar-refractivity contribution in [2.45, 2.75) is 46.5 Å². The van der Waals surface area contributed by atoms with E-state index in [-0.39, 0.29) is 11.8 Å². The topological polar surface area (TPSA) is 43.1 Å². The van der Waals surface area contributed by atoms with Gasteiger partial charge in [0, 0.05) is 5.92 Å². The summed E-state index contributed by atoms with van der Waals surface area (Å²) in [6, 6.07) is 0. The van der Waals surface area contributed by atoms with Crippen LogP contribution in [0, 0.1) is 11.8 Å². The van der Waals surface area contributed by atoms with Crippen molar-refractivity contribution in [1.82, 2.24) is 0 Å². The number of nitrogens with two attached hydrogens (primary N) is 1. The van der Waals surface area contributed by atoms with E-state index in [1.54, 1.807) is 0 Å². The van der Waals surface area contributed by atoms with Crippen molar-refractivity contribution < 1.29 is 4.79 Å². The van der Waals surface area contributed by atoms with E-state index in [0.29, 0.717) is 0 Å². The number of carbonyl (C=O) groups is 1. The molecule has 0 radical (unpaired) electrons. The Labute approximate surface area is 75.5 Å². The Hall–Kier alpha value is -0.530. The van der Waals surface area contributed by atoms with Crippen LogP contribution >= 0.6 is 0 Å². The summed E-state index contributed by atoms with van der Waals surface area (Å²) in [7, 11) is 0. The zero-order valence-electron chi connectivity index (χ0n) is 8.47. The van der Waals surface area contributed by atoms with Crippen LogP contribution in [0.2, 0.25) is 0 Å². The van der Waals surface area contributed by atoms with E-state index >= 15 is 0 Å². The van der Waals surface area contributed by atoms with E-state index in [2.05, 4.69) is 13.8 Å². The van der Waals surface area contributed by atoms with Crippen molar-refractivity contribution in [1.29, 1.82) is 0 Å². The summed E-state index contributed by atoms with van der Waals surface area (Å²) in [5, 5.41) is 0. The predicted octanol–water partition coefficient (Wildman–Crippen LogP) is 2.32. The Bertz CT molecular complexity index is 134. The fourth-order valence-electron chi connectivity index (χ4n) is 1.12. The second-order valence-corrected chi connectivity index (χ2v) is 3.75. The minimum absolute atomic E-state index is 0.0501. The molecule has 0 aromatic carbocycles. The Balaban J connectivity index is 3.37. The third kappa shape index (κ3) is 5.16. The average molecular weight is 171 g/mol. The average Bonchev–Trinajstić information content (AvgIpc) is 2.03. The molecule has 0 spiro atoms. The predicted molar refractivity (Wildman–Crippen MR) is 51.7 cm³/mol. The van der Waals surface area contributed by atoms with Gasteiger partial charge in [-0.1, -0.05) is 40.0 Å². The maximum atomic E-state index is 10.7. The van der Waals surface area contributed by atoms with Crippen molar-refractivity contribution in [2.75, 3.05) is 0 Å². The fraction of sp³-hybridized carbons (Fsp3) is 0.900. The van der Waals surface area contributed by atoms with Gasteiger partial charge in [0.1, 0.15) is 0 Å². The third-order valence-electron chi connectivity index (χ3n) is 2.52. The molecule has 1 amide bonds. The molecule has 0 aromatic rings. The molecule has 2 nitrogen and oxygen atoms in total. The number of carbonyl (C=O) groups excluding carboxylic acids is 1. The second kappa shape index (κ2) is 6.04. The molecule has 0 saturated carbocycles. The van der Waals surface area contributed by atoms with Gasteiger partial charge < -0.3 is 5.73 Å². The molecule has 1 unspecified atom stereocenters. The normalized spacial score (nSPS) is 15.6. The van der Waals surface area contributed by atoms with E-state index in [9.17, 15) is 4.79 Å². The van der Waals surface area contributed by atoms with Crippen molar-refractivity contribution in [2.24, 2.45) is 17.6 Å². The number of primary amides is 1. The summed E-state index contributed by atoms with van der Waals surface area (Å²) in [4.78, 5) is 10.7. The van der Waals surface area contributed by atoms with Gasteiger partial charge in [-0.05, 0) is 12.3 Å². The molecule has 0 rings (SSSR count). The van der Waals surface area contributed by atoms with Crippen LogP contribution in [0.3, 0.4) is 0 Å². The summed E-state index contributed by atoms with van der Waals surface area (Å²) < 4.78 is 0. The van der Waals surface area contributed by atoms with Gasteiger partial charge in [-0.2, -0.15) is 0 Å². The molecule has 2 N–H and O–H groups in total. The molecular formula is C10H21NO. The van der Waals surface area contributed by atoms with Crippen LogP contribution in [0.1, 0.15) is 46.5 Å².